The van der Waals surface area contributed by atoms with Gasteiger partial charge >= 0.3 is 0 Å². The van der Waals surface area contributed by atoms with Gasteiger partial charge in [0.05, 0.1) is 46.4 Å². The lowest BCUT2D eigenvalue weighted by Crippen LogP contribution is -2.12. The summed E-state index contributed by atoms with van der Waals surface area (Å²) in [7, 11) is 0. The Bertz CT molecular complexity index is 2590. The highest BCUT2D eigenvalue weighted by Gasteiger charge is 2.17. The fourth-order valence-corrected chi connectivity index (χ4v) is 5.79. The summed E-state index contributed by atoms with van der Waals surface area (Å²) in [5.41, 5.74) is 13.0. The van der Waals surface area contributed by atoms with Gasteiger partial charge < -0.3 is 15.5 Å². The maximum Gasteiger partial charge on any atom is 0.255 e. The van der Waals surface area contributed by atoms with Crippen molar-refractivity contribution in [3.63, 3.8) is 0 Å². The van der Waals surface area contributed by atoms with E-state index in [1.54, 1.807) is 44.2 Å². The highest BCUT2D eigenvalue weighted by Crippen LogP contribution is 2.35. The Morgan fingerprint density at radius 1 is 0.632 bits per heavy atom. The molecule has 0 bridgehead atoms. The maximum absolute atomic E-state index is 13.0. The summed E-state index contributed by atoms with van der Waals surface area (Å²) in [6, 6.07) is 34.8. The molecule has 2 aromatic heterocycles. The van der Waals surface area contributed by atoms with Crippen LogP contribution >= 0.6 is 0 Å². The van der Waals surface area contributed by atoms with Crippen LogP contribution in [0, 0.1) is 34.6 Å². The lowest BCUT2D eigenvalue weighted by atomic mass is 10.1. The first-order valence-corrected chi connectivity index (χ1v) is 18.1. The van der Waals surface area contributed by atoms with Crippen molar-refractivity contribution in [2.24, 2.45) is 20.5 Å². The van der Waals surface area contributed by atoms with Gasteiger partial charge in [-0.15, -0.1) is 10.2 Å². The maximum atomic E-state index is 13.0. The molecule has 0 aliphatic carbocycles. The van der Waals surface area contributed by atoms with Gasteiger partial charge in [-0.2, -0.15) is 29.8 Å². The second kappa shape index (κ2) is 16.5. The average Bonchev–Trinajstić information content (AvgIpc) is 3.66. The van der Waals surface area contributed by atoms with Crippen molar-refractivity contribution in [1.82, 2.24) is 19.6 Å². The van der Waals surface area contributed by atoms with Gasteiger partial charge in [0.25, 0.3) is 5.91 Å². The normalized spacial score (nSPS) is 11.5. The summed E-state index contributed by atoms with van der Waals surface area (Å²) < 4.78 is 2.87. The summed E-state index contributed by atoms with van der Waals surface area (Å²) in [6.07, 6.45) is 0. The van der Waals surface area contributed by atoms with E-state index in [4.69, 9.17) is 4.84 Å². The molecule has 0 fully saturated rings. The van der Waals surface area contributed by atoms with Crippen molar-refractivity contribution in [1.29, 1.82) is 0 Å². The number of nitrogens with one attached hydrogen (secondary N) is 2. The van der Waals surface area contributed by atoms with Gasteiger partial charge in [0.1, 0.15) is 0 Å². The molecule has 5 aromatic carbocycles. The van der Waals surface area contributed by atoms with Crippen LogP contribution < -0.4 is 10.8 Å². The van der Waals surface area contributed by atoms with Gasteiger partial charge in [-0.1, -0.05) is 47.5 Å². The van der Waals surface area contributed by atoms with Gasteiger partial charge in [-0.25, -0.2) is 0 Å². The van der Waals surface area contributed by atoms with Crippen LogP contribution in [0.3, 0.4) is 0 Å². The molecule has 0 radical (unpaired) electrons. The first-order valence-electron chi connectivity index (χ1n) is 18.1. The van der Waals surface area contributed by atoms with Crippen LogP contribution in [0.25, 0.3) is 11.4 Å². The summed E-state index contributed by atoms with van der Waals surface area (Å²) in [5.74, 6) is -0.468. The minimum atomic E-state index is -0.282. The number of azo groups is 2. The van der Waals surface area contributed by atoms with E-state index in [-0.39, 0.29) is 30.0 Å². The lowest BCUT2D eigenvalue weighted by Gasteiger charge is -2.12. The second-order valence-corrected chi connectivity index (χ2v) is 13.5. The molecule has 0 aliphatic heterocycles. The number of carbonyl (C=O) groups is 1. The number of aromatic nitrogens is 4. The molecule has 0 unspecified atom stereocenters. The quantitative estimate of drug-likeness (QED) is 0.0707. The predicted molar refractivity (Wildman–Crippen MR) is 218 cm³/mol. The molecule has 14 heteroatoms. The fraction of sp³-hybridized carbons (Fsp3) is 0.140. The molecule has 7 rings (SSSR count). The van der Waals surface area contributed by atoms with Crippen LogP contribution in [0.1, 0.15) is 44.0 Å². The number of rotatable bonds is 12. The molecule has 14 nitrogen and oxygen atoms in total. The highest BCUT2D eigenvalue weighted by atomic mass is 16.6. The smallest absolute Gasteiger partial charge is 0.255 e. The van der Waals surface area contributed by atoms with Crippen molar-refractivity contribution < 1.29 is 19.8 Å². The zero-order chi connectivity index (χ0) is 40.1. The number of nitrogens with zero attached hydrogens (tertiary/aromatic N) is 8. The molecule has 0 aliphatic rings. The average molecular weight is 761 g/mol. The molecular weight excluding hydrogens is 721 g/mol. The minimum Gasteiger partial charge on any atom is -0.492 e. The van der Waals surface area contributed by atoms with E-state index >= 15 is 0 Å². The van der Waals surface area contributed by atoms with E-state index in [1.807, 2.05) is 106 Å². The Labute approximate surface area is 328 Å². The van der Waals surface area contributed by atoms with Crippen molar-refractivity contribution in [3.8, 4) is 23.1 Å². The van der Waals surface area contributed by atoms with Crippen LogP contribution in [0.2, 0.25) is 0 Å². The molecule has 0 atom stereocenters. The highest BCUT2D eigenvalue weighted by molar-refractivity contribution is 6.04. The van der Waals surface area contributed by atoms with Crippen molar-refractivity contribution >= 4 is 40.0 Å². The topological polar surface area (TPSA) is 176 Å². The number of aromatic hydroxyl groups is 2. The molecule has 57 heavy (non-hydrogen) atoms. The molecule has 4 N–H and O–H groups in total. The fourth-order valence-electron chi connectivity index (χ4n) is 5.79. The van der Waals surface area contributed by atoms with Crippen molar-refractivity contribution in [2.75, 3.05) is 10.8 Å². The third-order valence-electron chi connectivity index (χ3n) is 9.07. The van der Waals surface area contributed by atoms with Crippen LogP contribution in [-0.4, -0.2) is 35.7 Å². The SMILES string of the molecule is Cc1ccc(-n2nc(C)c(N=Nc3ccc(CONc4ccc(NC(=O)c5ccc(N=Nc6c(C)nn(-c7ccc(C)cc7)c6O)cc5)cc4C)cc3)c2O)cc1. The number of hydrogen-bond acceptors (Lipinski definition) is 11. The molecule has 0 saturated heterocycles. The van der Waals surface area contributed by atoms with Gasteiger partial charge in [-0.3, -0.25) is 15.1 Å². The van der Waals surface area contributed by atoms with Crippen LogP contribution in [0.15, 0.2) is 136 Å². The van der Waals surface area contributed by atoms with E-state index in [2.05, 4.69) is 41.5 Å². The third-order valence-corrected chi connectivity index (χ3v) is 9.07. The zero-order valence-corrected chi connectivity index (χ0v) is 32.0. The standard InChI is InChI=1S/C43H40N10O4/c1-26-6-19-36(20-7-26)52-42(55)39(29(4)49-52)47-45-33-14-10-31(11-15-33)25-57-51-38-23-18-35(24-28(38)3)44-41(54)32-12-16-34(17-13-32)46-48-40-30(5)50-53(43(40)56)37-21-8-27(2)9-22-37/h6-24,51,55-56H,25H2,1-5H3,(H,44,54). The Kier molecular flexibility index (Phi) is 11.0. The minimum absolute atomic E-state index is 0.0778. The number of hydrogen-bond donors (Lipinski definition) is 4. The molecule has 2 heterocycles. The summed E-state index contributed by atoms with van der Waals surface area (Å²) in [6.45, 7) is 9.70. The number of aryl methyl sites for hydroxylation is 5. The Morgan fingerprint density at radius 3 is 1.61 bits per heavy atom. The third kappa shape index (κ3) is 8.77. The summed E-state index contributed by atoms with van der Waals surface area (Å²) >= 11 is 0. The van der Waals surface area contributed by atoms with Crippen LogP contribution in [-0.2, 0) is 11.4 Å². The Morgan fingerprint density at radius 2 is 1.12 bits per heavy atom. The van der Waals surface area contributed by atoms with E-state index < -0.39 is 0 Å². The van der Waals surface area contributed by atoms with E-state index in [0.29, 0.717) is 45.4 Å². The number of benzene rings is 5. The molecule has 0 saturated carbocycles. The first kappa shape index (κ1) is 37.8. The van der Waals surface area contributed by atoms with Gasteiger partial charge in [-0.05, 0) is 125 Å². The molecule has 286 valence electrons. The van der Waals surface area contributed by atoms with Crippen molar-refractivity contribution in [2.45, 2.75) is 41.2 Å². The molecular formula is C43H40N10O4. The summed E-state index contributed by atoms with van der Waals surface area (Å²) in [4.78, 5) is 18.8. The van der Waals surface area contributed by atoms with Gasteiger partial charge in [0.2, 0.25) is 11.8 Å². The summed E-state index contributed by atoms with van der Waals surface area (Å²) in [5, 5.41) is 50.3. The predicted octanol–water partition coefficient (Wildman–Crippen LogP) is 10.6. The lowest BCUT2D eigenvalue weighted by molar-refractivity contribution is 0.102. The van der Waals surface area contributed by atoms with Gasteiger partial charge in [0.15, 0.2) is 11.4 Å². The Hall–Kier alpha value is -7.45. The molecule has 1 amide bonds. The number of carbonyl (C=O) groups excluding carboxylic acids is 1. The van der Waals surface area contributed by atoms with E-state index in [1.165, 1.54) is 9.36 Å². The van der Waals surface area contributed by atoms with E-state index in [9.17, 15) is 15.0 Å². The van der Waals surface area contributed by atoms with Crippen LogP contribution in [0.5, 0.6) is 11.8 Å². The zero-order valence-electron chi connectivity index (χ0n) is 32.0. The van der Waals surface area contributed by atoms with Crippen molar-refractivity contribution in [3.05, 3.63) is 154 Å². The largest absolute Gasteiger partial charge is 0.492 e. The number of amides is 1. The molecule has 0 spiro atoms. The molecule has 7 aromatic rings. The number of anilines is 2. The first-order chi connectivity index (χ1) is 27.5. The Balaban J connectivity index is 0.895. The monoisotopic (exact) mass is 760 g/mol. The second-order valence-electron chi connectivity index (χ2n) is 13.5. The van der Waals surface area contributed by atoms with E-state index in [0.717, 1.165) is 33.6 Å². The van der Waals surface area contributed by atoms with Gasteiger partial charge in [0, 0.05) is 11.3 Å². The van der Waals surface area contributed by atoms with Crippen LogP contribution in [0.4, 0.5) is 34.1 Å².